The van der Waals surface area contributed by atoms with Crippen molar-refractivity contribution in [1.82, 2.24) is 9.80 Å². The molecule has 0 N–H and O–H groups in total. The second-order valence-electron chi connectivity index (χ2n) is 5.86. The zero-order chi connectivity index (χ0) is 13.1. The van der Waals surface area contributed by atoms with Gasteiger partial charge in [0.2, 0.25) is 5.91 Å². The third-order valence-electron chi connectivity index (χ3n) is 4.27. The summed E-state index contributed by atoms with van der Waals surface area (Å²) in [6.07, 6.45) is 2.55. The van der Waals surface area contributed by atoms with Gasteiger partial charge in [0.15, 0.2) is 0 Å². The van der Waals surface area contributed by atoms with E-state index in [1.807, 2.05) is 11.8 Å². The first-order valence-corrected chi connectivity index (χ1v) is 7.22. The highest BCUT2D eigenvalue weighted by molar-refractivity contribution is 5.81. The van der Waals surface area contributed by atoms with Gasteiger partial charge >= 0.3 is 0 Å². The van der Waals surface area contributed by atoms with Crippen molar-refractivity contribution < 1.29 is 9.53 Å². The molecule has 0 bridgehead atoms. The molecule has 2 aliphatic heterocycles. The highest BCUT2D eigenvalue weighted by Crippen LogP contribution is 2.18. The Labute approximate surface area is 110 Å². The highest BCUT2D eigenvalue weighted by Gasteiger charge is 2.30. The fourth-order valence-electron chi connectivity index (χ4n) is 2.85. The molecule has 2 rings (SSSR count). The molecular weight excluding hydrogens is 228 g/mol. The summed E-state index contributed by atoms with van der Waals surface area (Å²) in [6.45, 7) is 10.8. The molecule has 0 aromatic carbocycles. The lowest BCUT2D eigenvalue weighted by Gasteiger charge is -2.38. The number of hydrogen-bond acceptors (Lipinski definition) is 3. The molecule has 2 atom stereocenters. The number of amides is 1. The van der Waals surface area contributed by atoms with Crippen LogP contribution in [0.5, 0.6) is 0 Å². The van der Waals surface area contributed by atoms with Gasteiger partial charge in [-0.1, -0.05) is 6.92 Å². The topological polar surface area (TPSA) is 32.8 Å². The van der Waals surface area contributed by atoms with Crippen molar-refractivity contribution in [3.8, 4) is 0 Å². The van der Waals surface area contributed by atoms with E-state index >= 15 is 0 Å². The van der Waals surface area contributed by atoms with Crippen molar-refractivity contribution in [3.63, 3.8) is 0 Å². The minimum absolute atomic E-state index is 0.00440. The monoisotopic (exact) mass is 254 g/mol. The number of carbonyl (C=O) groups is 1. The van der Waals surface area contributed by atoms with Gasteiger partial charge in [-0.2, -0.15) is 0 Å². The quantitative estimate of drug-likeness (QED) is 0.746. The molecule has 0 aliphatic carbocycles. The number of hydrogen-bond donors (Lipinski definition) is 0. The van der Waals surface area contributed by atoms with Crippen molar-refractivity contribution in [2.24, 2.45) is 5.92 Å². The summed E-state index contributed by atoms with van der Waals surface area (Å²) in [5, 5.41) is 0. The van der Waals surface area contributed by atoms with Gasteiger partial charge in [-0.25, -0.2) is 0 Å². The summed E-state index contributed by atoms with van der Waals surface area (Å²) in [5.41, 5.74) is 0. The van der Waals surface area contributed by atoms with Gasteiger partial charge in [0.25, 0.3) is 0 Å². The summed E-state index contributed by atoms with van der Waals surface area (Å²) < 4.78 is 5.53. The van der Waals surface area contributed by atoms with Crippen LogP contribution >= 0.6 is 0 Å². The van der Waals surface area contributed by atoms with E-state index in [-0.39, 0.29) is 12.1 Å². The van der Waals surface area contributed by atoms with Crippen LogP contribution in [0.15, 0.2) is 0 Å². The maximum Gasteiger partial charge on any atom is 0.239 e. The molecule has 0 aromatic heterocycles. The molecule has 2 saturated heterocycles. The summed E-state index contributed by atoms with van der Waals surface area (Å²) in [7, 11) is 0. The number of likely N-dealkylation sites (tertiary alicyclic amines) is 1. The highest BCUT2D eigenvalue weighted by atomic mass is 16.5. The predicted octanol–water partition coefficient (Wildman–Crippen LogP) is 1.35. The number of carbonyl (C=O) groups excluding carboxylic acids is 1. The maximum absolute atomic E-state index is 12.5. The van der Waals surface area contributed by atoms with Gasteiger partial charge in [0.05, 0.1) is 18.8 Å². The fraction of sp³-hybridized carbons (Fsp3) is 0.929. The van der Waals surface area contributed by atoms with Crippen LogP contribution in [-0.4, -0.2) is 60.6 Å². The van der Waals surface area contributed by atoms with Crippen molar-refractivity contribution in [2.75, 3.05) is 32.8 Å². The Morgan fingerprint density at radius 3 is 2.50 bits per heavy atom. The van der Waals surface area contributed by atoms with E-state index in [2.05, 4.69) is 18.7 Å². The fourth-order valence-corrected chi connectivity index (χ4v) is 2.85. The van der Waals surface area contributed by atoms with Gasteiger partial charge in [-0.05, 0) is 32.6 Å². The molecule has 2 fully saturated rings. The summed E-state index contributed by atoms with van der Waals surface area (Å²) in [4.78, 5) is 16.8. The van der Waals surface area contributed by atoms with E-state index in [0.717, 1.165) is 51.5 Å². The third kappa shape index (κ3) is 3.23. The SMILES string of the molecule is CC1CCN(C(=O)C(C)N2CCOC(C)C2)CC1. The Balaban J connectivity index is 1.87. The first kappa shape index (κ1) is 13.8. The van der Waals surface area contributed by atoms with Crippen molar-refractivity contribution >= 4 is 5.91 Å². The normalized spacial score (nSPS) is 29.3. The van der Waals surface area contributed by atoms with Crippen LogP contribution in [0.4, 0.5) is 0 Å². The molecule has 2 heterocycles. The van der Waals surface area contributed by atoms with Crippen LogP contribution < -0.4 is 0 Å². The Morgan fingerprint density at radius 2 is 1.89 bits per heavy atom. The van der Waals surface area contributed by atoms with Gasteiger partial charge < -0.3 is 9.64 Å². The Morgan fingerprint density at radius 1 is 1.22 bits per heavy atom. The van der Waals surface area contributed by atoms with E-state index in [9.17, 15) is 4.79 Å². The zero-order valence-corrected chi connectivity index (χ0v) is 11.9. The van der Waals surface area contributed by atoms with E-state index in [4.69, 9.17) is 4.74 Å². The lowest BCUT2D eigenvalue weighted by atomic mass is 9.98. The molecule has 2 unspecified atom stereocenters. The molecular formula is C14H26N2O2. The van der Waals surface area contributed by atoms with Gasteiger partial charge in [0, 0.05) is 26.2 Å². The molecule has 104 valence electrons. The smallest absolute Gasteiger partial charge is 0.239 e. The Kier molecular flexibility index (Phi) is 4.62. The number of morpholine rings is 1. The Hall–Kier alpha value is -0.610. The summed E-state index contributed by atoms with van der Waals surface area (Å²) >= 11 is 0. The molecule has 1 amide bonds. The predicted molar refractivity (Wildman–Crippen MR) is 71.4 cm³/mol. The summed E-state index contributed by atoms with van der Waals surface area (Å²) in [5.74, 6) is 1.07. The van der Waals surface area contributed by atoms with Crippen LogP contribution in [0.2, 0.25) is 0 Å². The van der Waals surface area contributed by atoms with Gasteiger partial charge in [0.1, 0.15) is 0 Å². The molecule has 2 aliphatic rings. The average Bonchev–Trinajstić information content (AvgIpc) is 2.38. The van der Waals surface area contributed by atoms with Crippen LogP contribution in [0, 0.1) is 5.92 Å². The van der Waals surface area contributed by atoms with E-state index in [1.54, 1.807) is 0 Å². The van der Waals surface area contributed by atoms with E-state index in [1.165, 1.54) is 0 Å². The Bertz CT molecular complexity index is 288. The second-order valence-corrected chi connectivity index (χ2v) is 5.86. The largest absolute Gasteiger partial charge is 0.376 e. The lowest BCUT2D eigenvalue weighted by Crippen LogP contribution is -2.53. The van der Waals surface area contributed by atoms with Gasteiger partial charge in [-0.15, -0.1) is 0 Å². The standard InChI is InChI=1S/C14H26N2O2/c1-11-4-6-15(7-5-11)14(17)13(3)16-8-9-18-12(2)10-16/h11-13H,4-10H2,1-3H3. The van der Waals surface area contributed by atoms with Crippen molar-refractivity contribution in [2.45, 2.75) is 45.8 Å². The molecule has 0 aromatic rings. The number of piperidine rings is 1. The molecule has 4 nitrogen and oxygen atoms in total. The molecule has 0 radical (unpaired) electrons. The molecule has 0 spiro atoms. The zero-order valence-electron chi connectivity index (χ0n) is 11.9. The average molecular weight is 254 g/mol. The molecule has 4 heteroatoms. The number of rotatable bonds is 2. The van der Waals surface area contributed by atoms with Crippen LogP contribution in [0.1, 0.15) is 33.6 Å². The minimum Gasteiger partial charge on any atom is -0.376 e. The first-order chi connectivity index (χ1) is 8.58. The number of nitrogens with zero attached hydrogens (tertiary/aromatic N) is 2. The van der Waals surface area contributed by atoms with Gasteiger partial charge in [-0.3, -0.25) is 9.69 Å². The van der Waals surface area contributed by atoms with Crippen molar-refractivity contribution in [1.29, 1.82) is 0 Å². The van der Waals surface area contributed by atoms with E-state index in [0.29, 0.717) is 5.91 Å². The van der Waals surface area contributed by atoms with Crippen LogP contribution in [0.25, 0.3) is 0 Å². The maximum atomic E-state index is 12.5. The third-order valence-corrected chi connectivity index (χ3v) is 4.27. The second kappa shape index (κ2) is 6.02. The first-order valence-electron chi connectivity index (χ1n) is 7.22. The van der Waals surface area contributed by atoms with E-state index < -0.39 is 0 Å². The lowest BCUT2D eigenvalue weighted by molar-refractivity contribution is -0.140. The molecule has 0 saturated carbocycles. The minimum atomic E-state index is 0.00440. The van der Waals surface area contributed by atoms with Crippen LogP contribution in [0.3, 0.4) is 0 Å². The number of ether oxygens (including phenoxy) is 1. The van der Waals surface area contributed by atoms with Crippen LogP contribution in [-0.2, 0) is 9.53 Å². The molecule has 18 heavy (non-hydrogen) atoms. The summed E-state index contributed by atoms with van der Waals surface area (Å²) in [6, 6.07) is 0.00440. The van der Waals surface area contributed by atoms with Crippen molar-refractivity contribution in [3.05, 3.63) is 0 Å².